The second-order valence-corrected chi connectivity index (χ2v) is 6.75. The van der Waals surface area contributed by atoms with Gasteiger partial charge in [0.2, 0.25) is 0 Å². The average Bonchev–Trinajstić information content (AvgIpc) is 2.41. The SMILES string of the molecule is CCC(N)Cc1ccc(Cl)cc1N1CCC(C)CC1C. The summed E-state index contributed by atoms with van der Waals surface area (Å²) in [6.45, 7) is 7.93. The number of piperidine rings is 1. The Balaban J connectivity index is 2.26. The van der Waals surface area contributed by atoms with Crippen molar-refractivity contribution in [2.24, 2.45) is 11.7 Å². The molecule has 0 amide bonds. The molecule has 112 valence electrons. The van der Waals surface area contributed by atoms with Gasteiger partial charge in [0.25, 0.3) is 0 Å². The number of rotatable bonds is 4. The molecular weight excluding hydrogens is 268 g/mol. The third-order valence-electron chi connectivity index (χ3n) is 4.50. The molecule has 0 saturated carbocycles. The molecule has 0 aromatic heterocycles. The zero-order valence-corrected chi connectivity index (χ0v) is 13.7. The van der Waals surface area contributed by atoms with Crippen LogP contribution in [0, 0.1) is 5.92 Å². The zero-order chi connectivity index (χ0) is 14.7. The average molecular weight is 295 g/mol. The van der Waals surface area contributed by atoms with Crippen LogP contribution in [0.4, 0.5) is 5.69 Å². The second-order valence-electron chi connectivity index (χ2n) is 6.32. The summed E-state index contributed by atoms with van der Waals surface area (Å²) in [6.07, 6.45) is 4.46. The van der Waals surface area contributed by atoms with E-state index in [-0.39, 0.29) is 6.04 Å². The number of hydrogen-bond acceptors (Lipinski definition) is 2. The first-order valence-electron chi connectivity index (χ1n) is 7.81. The Kier molecular flexibility index (Phi) is 5.34. The minimum atomic E-state index is 0.231. The van der Waals surface area contributed by atoms with Crippen LogP contribution in [-0.2, 0) is 6.42 Å². The van der Waals surface area contributed by atoms with Crippen molar-refractivity contribution in [3.63, 3.8) is 0 Å². The lowest BCUT2D eigenvalue weighted by Crippen LogP contribution is -2.41. The van der Waals surface area contributed by atoms with Crippen molar-refractivity contribution >= 4 is 17.3 Å². The molecule has 0 aliphatic carbocycles. The minimum Gasteiger partial charge on any atom is -0.369 e. The smallest absolute Gasteiger partial charge is 0.0426 e. The van der Waals surface area contributed by atoms with Crippen molar-refractivity contribution < 1.29 is 0 Å². The molecule has 1 aliphatic heterocycles. The molecule has 0 radical (unpaired) electrons. The van der Waals surface area contributed by atoms with E-state index in [0.717, 1.165) is 30.3 Å². The number of hydrogen-bond donors (Lipinski definition) is 1. The van der Waals surface area contributed by atoms with E-state index >= 15 is 0 Å². The van der Waals surface area contributed by atoms with Crippen molar-refractivity contribution in [3.8, 4) is 0 Å². The molecule has 2 N–H and O–H groups in total. The van der Waals surface area contributed by atoms with Gasteiger partial charge >= 0.3 is 0 Å². The van der Waals surface area contributed by atoms with Crippen molar-refractivity contribution in [2.75, 3.05) is 11.4 Å². The maximum Gasteiger partial charge on any atom is 0.0426 e. The molecule has 1 aromatic rings. The fourth-order valence-corrected chi connectivity index (χ4v) is 3.34. The largest absolute Gasteiger partial charge is 0.369 e. The highest BCUT2D eigenvalue weighted by Gasteiger charge is 2.25. The summed E-state index contributed by atoms with van der Waals surface area (Å²) < 4.78 is 0. The highest BCUT2D eigenvalue weighted by molar-refractivity contribution is 6.30. The van der Waals surface area contributed by atoms with E-state index in [1.165, 1.54) is 24.1 Å². The van der Waals surface area contributed by atoms with Gasteiger partial charge in [-0.1, -0.05) is 31.5 Å². The summed E-state index contributed by atoms with van der Waals surface area (Å²) in [5.74, 6) is 0.821. The molecule has 3 unspecified atom stereocenters. The summed E-state index contributed by atoms with van der Waals surface area (Å²) in [7, 11) is 0. The Labute approximate surface area is 128 Å². The highest BCUT2D eigenvalue weighted by atomic mass is 35.5. The van der Waals surface area contributed by atoms with Crippen molar-refractivity contribution in [1.82, 2.24) is 0 Å². The predicted molar refractivity (Wildman–Crippen MR) is 88.6 cm³/mol. The van der Waals surface area contributed by atoms with E-state index in [1.54, 1.807) is 0 Å². The summed E-state index contributed by atoms with van der Waals surface area (Å²) >= 11 is 6.22. The number of halogens is 1. The van der Waals surface area contributed by atoms with Gasteiger partial charge < -0.3 is 10.6 Å². The Bertz CT molecular complexity index is 447. The summed E-state index contributed by atoms with van der Waals surface area (Å²) in [6, 6.07) is 7.06. The van der Waals surface area contributed by atoms with E-state index in [9.17, 15) is 0 Å². The van der Waals surface area contributed by atoms with Gasteiger partial charge in [-0.2, -0.15) is 0 Å². The minimum absolute atomic E-state index is 0.231. The van der Waals surface area contributed by atoms with Crippen LogP contribution >= 0.6 is 11.6 Å². The monoisotopic (exact) mass is 294 g/mol. The molecule has 2 nitrogen and oxygen atoms in total. The van der Waals surface area contributed by atoms with Crippen LogP contribution < -0.4 is 10.6 Å². The van der Waals surface area contributed by atoms with Gasteiger partial charge in [-0.25, -0.2) is 0 Å². The number of nitrogens with zero attached hydrogens (tertiary/aromatic N) is 1. The predicted octanol–water partition coefficient (Wildman–Crippen LogP) is 4.24. The first kappa shape index (κ1) is 15.7. The van der Waals surface area contributed by atoms with Gasteiger partial charge in [-0.05, 0) is 56.2 Å². The molecule has 20 heavy (non-hydrogen) atoms. The Morgan fingerprint density at radius 3 is 2.80 bits per heavy atom. The van der Waals surface area contributed by atoms with E-state index in [0.29, 0.717) is 6.04 Å². The molecule has 0 spiro atoms. The van der Waals surface area contributed by atoms with Gasteiger partial charge in [0.05, 0.1) is 0 Å². The first-order valence-corrected chi connectivity index (χ1v) is 8.19. The quantitative estimate of drug-likeness (QED) is 0.900. The van der Waals surface area contributed by atoms with E-state index in [4.69, 9.17) is 17.3 Å². The van der Waals surface area contributed by atoms with Gasteiger partial charge in [0.15, 0.2) is 0 Å². The Morgan fingerprint density at radius 1 is 1.40 bits per heavy atom. The number of nitrogens with two attached hydrogens (primary N) is 1. The van der Waals surface area contributed by atoms with Crippen LogP contribution in [0.1, 0.15) is 45.6 Å². The third kappa shape index (κ3) is 3.67. The molecule has 1 saturated heterocycles. The maximum atomic E-state index is 6.22. The van der Waals surface area contributed by atoms with Crippen LogP contribution in [-0.4, -0.2) is 18.6 Å². The molecule has 1 fully saturated rings. The van der Waals surface area contributed by atoms with Crippen LogP contribution in [0.15, 0.2) is 18.2 Å². The summed E-state index contributed by atoms with van der Waals surface area (Å²) in [5.41, 5.74) is 8.78. The van der Waals surface area contributed by atoms with Crippen LogP contribution in [0.3, 0.4) is 0 Å². The standard InChI is InChI=1S/C17H27ClN2/c1-4-16(19)10-14-5-6-15(18)11-17(14)20-8-7-12(2)9-13(20)3/h5-6,11-13,16H,4,7-10,19H2,1-3H3. The van der Waals surface area contributed by atoms with Crippen molar-refractivity contribution in [3.05, 3.63) is 28.8 Å². The second kappa shape index (κ2) is 6.82. The zero-order valence-electron chi connectivity index (χ0n) is 12.9. The van der Waals surface area contributed by atoms with Crippen LogP contribution in [0.2, 0.25) is 5.02 Å². The molecule has 2 rings (SSSR count). The lowest BCUT2D eigenvalue weighted by Gasteiger charge is -2.39. The first-order chi connectivity index (χ1) is 9.51. The van der Waals surface area contributed by atoms with Crippen molar-refractivity contribution in [2.45, 2.75) is 58.5 Å². The van der Waals surface area contributed by atoms with Crippen LogP contribution in [0.25, 0.3) is 0 Å². The molecule has 1 aliphatic rings. The third-order valence-corrected chi connectivity index (χ3v) is 4.74. The van der Waals surface area contributed by atoms with Gasteiger partial charge in [-0.3, -0.25) is 0 Å². The lowest BCUT2D eigenvalue weighted by molar-refractivity contribution is 0.377. The van der Waals surface area contributed by atoms with E-state index in [2.05, 4.69) is 37.8 Å². The maximum absolute atomic E-state index is 6.22. The fraction of sp³-hybridized carbons (Fsp3) is 0.647. The Hall–Kier alpha value is -0.730. The van der Waals surface area contributed by atoms with E-state index in [1.807, 2.05) is 6.07 Å². The van der Waals surface area contributed by atoms with E-state index < -0.39 is 0 Å². The Morgan fingerprint density at radius 2 is 2.15 bits per heavy atom. The number of anilines is 1. The normalized spacial score (nSPS) is 24.8. The van der Waals surface area contributed by atoms with Gasteiger partial charge in [-0.15, -0.1) is 0 Å². The molecule has 0 bridgehead atoms. The van der Waals surface area contributed by atoms with Gasteiger partial charge in [0, 0.05) is 29.3 Å². The lowest BCUT2D eigenvalue weighted by atomic mass is 9.91. The fourth-order valence-electron chi connectivity index (χ4n) is 3.17. The molecule has 1 aromatic carbocycles. The molecule has 3 heteroatoms. The van der Waals surface area contributed by atoms with Crippen LogP contribution in [0.5, 0.6) is 0 Å². The van der Waals surface area contributed by atoms with Gasteiger partial charge in [0.1, 0.15) is 0 Å². The molecular formula is C17H27ClN2. The van der Waals surface area contributed by atoms with Crippen molar-refractivity contribution in [1.29, 1.82) is 0 Å². The molecule has 1 heterocycles. The summed E-state index contributed by atoms with van der Waals surface area (Å²) in [4.78, 5) is 2.52. The topological polar surface area (TPSA) is 29.3 Å². The highest BCUT2D eigenvalue weighted by Crippen LogP contribution is 2.32. The number of benzene rings is 1. The molecule has 3 atom stereocenters. The summed E-state index contributed by atoms with van der Waals surface area (Å²) in [5, 5.41) is 0.819.